The highest BCUT2D eigenvalue weighted by Gasteiger charge is 2.27. The lowest BCUT2D eigenvalue weighted by atomic mass is 10.1. The number of aromatic nitrogens is 2. The largest absolute Gasteiger partial charge is 0.335 e. The molecule has 2 aromatic rings. The molecule has 25 heavy (non-hydrogen) atoms. The first kappa shape index (κ1) is 19.8. The van der Waals surface area contributed by atoms with Crippen LogP contribution in [0, 0.1) is 13.8 Å². The monoisotopic (exact) mass is 382 g/mol. The fraction of sp³-hybridized carbons (Fsp3) is 0.444. The molecule has 0 aliphatic carbocycles. The van der Waals surface area contributed by atoms with Crippen LogP contribution in [0.25, 0.3) is 0 Å². The van der Waals surface area contributed by atoms with Gasteiger partial charge in [-0.05, 0) is 25.0 Å². The Hall–Kier alpha value is -1.56. The quantitative estimate of drug-likeness (QED) is 0.818. The summed E-state index contributed by atoms with van der Waals surface area (Å²) >= 11 is 6.24. The summed E-state index contributed by atoms with van der Waals surface area (Å²) < 4.78 is 1.58. The van der Waals surface area contributed by atoms with Crippen molar-refractivity contribution in [2.45, 2.75) is 20.4 Å². The molecule has 0 spiro atoms. The predicted octanol–water partition coefficient (Wildman–Crippen LogP) is 3.07. The van der Waals surface area contributed by atoms with E-state index in [1.807, 2.05) is 11.8 Å². The first-order valence-electron chi connectivity index (χ1n) is 8.22. The van der Waals surface area contributed by atoms with E-state index in [4.69, 9.17) is 11.6 Å². The fourth-order valence-corrected chi connectivity index (χ4v) is 3.39. The van der Waals surface area contributed by atoms with Crippen LogP contribution in [0.4, 0.5) is 0 Å². The van der Waals surface area contributed by atoms with Crippen molar-refractivity contribution < 1.29 is 4.79 Å². The zero-order valence-corrected chi connectivity index (χ0v) is 16.4. The van der Waals surface area contributed by atoms with Gasteiger partial charge in [-0.15, -0.1) is 12.4 Å². The van der Waals surface area contributed by atoms with Gasteiger partial charge < -0.3 is 4.90 Å². The lowest BCUT2D eigenvalue weighted by molar-refractivity contribution is 0.0617. The molecule has 1 saturated heterocycles. The van der Waals surface area contributed by atoms with Gasteiger partial charge in [0.05, 0.1) is 10.7 Å². The average molecular weight is 383 g/mol. The van der Waals surface area contributed by atoms with E-state index in [2.05, 4.69) is 41.2 Å². The van der Waals surface area contributed by atoms with Crippen LogP contribution < -0.4 is 0 Å². The van der Waals surface area contributed by atoms with Gasteiger partial charge in [-0.1, -0.05) is 35.9 Å². The summed E-state index contributed by atoms with van der Waals surface area (Å²) in [5.74, 6) is -0.0290. The molecule has 0 bridgehead atoms. The number of carbonyl (C=O) groups excluding carboxylic acids is 1. The van der Waals surface area contributed by atoms with Crippen LogP contribution in [0.1, 0.15) is 27.3 Å². The van der Waals surface area contributed by atoms with Gasteiger partial charge in [-0.3, -0.25) is 14.4 Å². The van der Waals surface area contributed by atoms with E-state index in [1.54, 1.807) is 11.7 Å². The van der Waals surface area contributed by atoms with E-state index < -0.39 is 0 Å². The van der Waals surface area contributed by atoms with Crippen molar-refractivity contribution >= 4 is 29.9 Å². The summed E-state index contributed by atoms with van der Waals surface area (Å²) in [5, 5.41) is 4.70. The molecule has 1 aliphatic heterocycles. The van der Waals surface area contributed by atoms with Gasteiger partial charge in [0.25, 0.3) is 5.91 Å². The van der Waals surface area contributed by atoms with Crippen LogP contribution in [0.5, 0.6) is 0 Å². The molecule has 0 radical (unpaired) electrons. The van der Waals surface area contributed by atoms with Gasteiger partial charge in [0.2, 0.25) is 0 Å². The Balaban J connectivity index is 0.00000225. The number of piperazine rings is 1. The number of halogens is 2. The third-order valence-electron chi connectivity index (χ3n) is 4.67. The maximum absolute atomic E-state index is 12.7. The molecule has 1 fully saturated rings. The van der Waals surface area contributed by atoms with Crippen molar-refractivity contribution in [3.63, 3.8) is 0 Å². The molecule has 1 amide bonds. The van der Waals surface area contributed by atoms with E-state index >= 15 is 0 Å². The summed E-state index contributed by atoms with van der Waals surface area (Å²) in [4.78, 5) is 17.0. The van der Waals surface area contributed by atoms with E-state index in [9.17, 15) is 4.79 Å². The smallest absolute Gasteiger partial charge is 0.273 e. The normalized spacial score (nSPS) is 15.1. The number of hydrogen-bond acceptors (Lipinski definition) is 3. The van der Waals surface area contributed by atoms with Gasteiger partial charge >= 0.3 is 0 Å². The standard InChI is InChI=1S/C18H23ClN4O.ClH/c1-13-6-4-5-7-15(13)12-22-8-10-23(11-9-22)18(24)17-16(19)14(2)20-21(17)3;/h4-7H,8-12H2,1-3H3;1H. The molecule has 0 saturated carbocycles. The highest BCUT2D eigenvalue weighted by atomic mass is 35.5. The Morgan fingerprint density at radius 2 is 1.80 bits per heavy atom. The molecule has 3 rings (SSSR count). The van der Waals surface area contributed by atoms with Crippen molar-refractivity contribution in [1.82, 2.24) is 19.6 Å². The minimum absolute atomic E-state index is 0. The van der Waals surface area contributed by atoms with Gasteiger partial charge in [-0.25, -0.2) is 0 Å². The minimum Gasteiger partial charge on any atom is -0.335 e. The van der Waals surface area contributed by atoms with Crippen LogP contribution in [-0.4, -0.2) is 51.7 Å². The van der Waals surface area contributed by atoms with E-state index in [1.165, 1.54) is 11.1 Å². The van der Waals surface area contributed by atoms with E-state index in [-0.39, 0.29) is 18.3 Å². The van der Waals surface area contributed by atoms with Gasteiger partial charge in [-0.2, -0.15) is 5.10 Å². The summed E-state index contributed by atoms with van der Waals surface area (Å²) in [6.07, 6.45) is 0. The summed E-state index contributed by atoms with van der Waals surface area (Å²) in [7, 11) is 1.76. The van der Waals surface area contributed by atoms with Crippen LogP contribution in [0.15, 0.2) is 24.3 Å². The van der Waals surface area contributed by atoms with Crippen molar-refractivity contribution in [1.29, 1.82) is 0 Å². The predicted molar refractivity (Wildman–Crippen MR) is 103 cm³/mol. The SMILES string of the molecule is Cc1ccccc1CN1CCN(C(=O)c2c(Cl)c(C)nn2C)CC1.Cl. The van der Waals surface area contributed by atoms with Crippen molar-refractivity contribution in [3.05, 3.63) is 51.8 Å². The van der Waals surface area contributed by atoms with E-state index in [0.29, 0.717) is 29.5 Å². The Kier molecular flexibility index (Phi) is 6.49. The molecule has 136 valence electrons. The third kappa shape index (κ3) is 4.17. The van der Waals surface area contributed by atoms with Crippen molar-refractivity contribution in [3.8, 4) is 0 Å². The molecule has 1 aromatic carbocycles. The van der Waals surface area contributed by atoms with Gasteiger partial charge in [0.1, 0.15) is 5.69 Å². The topological polar surface area (TPSA) is 41.4 Å². The number of amides is 1. The average Bonchev–Trinajstić information content (AvgIpc) is 2.82. The Labute approximate surface area is 160 Å². The zero-order valence-electron chi connectivity index (χ0n) is 14.8. The maximum Gasteiger partial charge on any atom is 0.273 e. The van der Waals surface area contributed by atoms with Crippen LogP contribution in [-0.2, 0) is 13.6 Å². The fourth-order valence-electron chi connectivity index (χ4n) is 3.15. The second-order valence-corrected chi connectivity index (χ2v) is 6.74. The molecule has 1 aromatic heterocycles. The lowest BCUT2D eigenvalue weighted by Crippen LogP contribution is -2.48. The Morgan fingerprint density at radius 1 is 1.16 bits per heavy atom. The zero-order chi connectivity index (χ0) is 17.3. The van der Waals surface area contributed by atoms with Crippen molar-refractivity contribution in [2.75, 3.05) is 26.2 Å². The summed E-state index contributed by atoms with van der Waals surface area (Å²) in [6.45, 7) is 8.06. The van der Waals surface area contributed by atoms with Crippen LogP contribution >= 0.6 is 24.0 Å². The first-order chi connectivity index (χ1) is 11.5. The molecule has 0 unspecified atom stereocenters. The van der Waals surface area contributed by atoms with Crippen LogP contribution in [0.2, 0.25) is 5.02 Å². The third-order valence-corrected chi connectivity index (χ3v) is 5.12. The summed E-state index contributed by atoms with van der Waals surface area (Å²) in [5.41, 5.74) is 3.85. The highest BCUT2D eigenvalue weighted by Crippen LogP contribution is 2.22. The maximum atomic E-state index is 12.7. The molecular formula is C18H24Cl2N4O. The van der Waals surface area contributed by atoms with Crippen molar-refractivity contribution in [2.24, 2.45) is 7.05 Å². The van der Waals surface area contributed by atoms with Gasteiger partial charge in [0.15, 0.2) is 0 Å². The molecule has 2 heterocycles. The second kappa shape index (κ2) is 8.21. The van der Waals surface area contributed by atoms with E-state index in [0.717, 1.165) is 19.6 Å². The number of carbonyl (C=O) groups is 1. The second-order valence-electron chi connectivity index (χ2n) is 6.37. The highest BCUT2D eigenvalue weighted by molar-refractivity contribution is 6.34. The molecule has 7 heteroatoms. The van der Waals surface area contributed by atoms with Gasteiger partial charge in [0, 0.05) is 39.8 Å². The minimum atomic E-state index is -0.0290. The molecule has 0 atom stereocenters. The molecule has 0 N–H and O–H groups in total. The number of benzene rings is 1. The lowest BCUT2D eigenvalue weighted by Gasteiger charge is -2.35. The molecule has 5 nitrogen and oxygen atoms in total. The molecule has 1 aliphatic rings. The first-order valence-corrected chi connectivity index (χ1v) is 8.60. The number of aryl methyl sites for hydroxylation is 3. The summed E-state index contributed by atoms with van der Waals surface area (Å²) in [6, 6.07) is 8.46. The number of nitrogens with zero attached hydrogens (tertiary/aromatic N) is 4. The molecular weight excluding hydrogens is 359 g/mol. The van der Waals surface area contributed by atoms with Crippen LogP contribution in [0.3, 0.4) is 0 Å². The Morgan fingerprint density at radius 3 is 2.36 bits per heavy atom. The number of hydrogen-bond donors (Lipinski definition) is 0. The number of rotatable bonds is 3. The Bertz CT molecular complexity index is 752.